The number of hydrogen-bond donors (Lipinski definition) is 2. The quantitative estimate of drug-likeness (QED) is 0.643. The maximum atomic E-state index is 13.2. The van der Waals surface area contributed by atoms with Crippen LogP contribution >= 0.6 is 0 Å². The van der Waals surface area contributed by atoms with Crippen molar-refractivity contribution in [1.29, 1.82) is 0 Å². The van der Waals surface area contributed by atoms with Crippen molar-refractivity contribution >= 4 is 21.6 Å². The van der Waals surface area contributed by atoms with Gasteiger partial charge in [-0.05, 0) is 44.0 Å². The molecule has 2 N–H and O–H groups in total. The molecule has 1 unspecified atom stereocenters. The summed E-state index contributed by atoms with van der Waals surface area (Å²) in [6, 6.07) is 8.05. The molecule has 0 aliphatic carbocycles. The predicted octanol–water partition coefficient (Wildman–Crippen LogP) is 2.90. The molecule has 1 aromatic carbocycles. The lowest BCUT2D eigenvalue weighted by molar-refractivity contribution is -0.114. The summed E-state index contributed by atoms with van der Waals surface area (Å²) in [7, 11) is -3.65. The number of H-pyrrole nitrogens is 1. The van der Waals surface area contributed by atoms with Gasteiger partial charge in [-0.3, -0.25) is 9.89 Å². The first-order chi connectivity index (χ1) is 14.3. The van der Waals surface area contributed by atoms with E-state index in [9.17, 15) is 13.2 Å². The Kier molecular flexibility index (Phi) is 5.44. The number of aromatic amines is 1. The smallest absolute Gasteiger partial charge is 0.243 e. The summed E-state index contributed by atoms with van der Waals surface area (Å²) in [6.07, 6.45) is 3.26. The zero-order chi connectivity index (χ0) is 21.3. The van der Waals surface area contributed by atoms with Gasteiger partial charge in [-0.15, -0.1) is 0 Å². The van der Waals surface area contributed by atoms with Gasteiger partial charge in [0.2, 0.25) is 15.9 Å². The molecule has 158 valence electrons. The molecule has 0 spiro atoms. The second-order valence-corrected chi connectivity index (χ2v) is 9.38. The van der Waals surface area contributed by atoms with Crippen molar-refractivity contribution in [1.82, 2.24) is 19.7 Å². The molecule has 1 aliphatic rings. The highest BCUT2D eigenvalue weighted by molar-refractivity contribution is 7.89. The van der Waals surface area contributed by atoms with Crippen LogP contribution in [0.15, 0.2) is 45.9 Å². The molecule has 1 atom stereocenters. The van der Waals surface area contributed by atoms with Crippen molar-refractivity contribution in [3.8, 4) is 11.3 Å². The summed E-state index contributed by atoms with van der Waals surface area (Å²) < 4.78 is 33.2. The van der Waals surface area contributed by atoms with E-state index in [2.05, 4.69) is 20.7 Å². The molecule has 9 nitrogen and oxygen atoms in total. The number of carbonyl (C=O) groups excluding carboxylic acids is 1. The Balaban J connectivity index is 1.56. The molecule has 4 rings (SSSR count). The van der Waals surface area contributed by atoms with Crippen molar-refractivity contribution in [3.05, 3.63) is 47.9 Å². The largest absolute Gasteiger partial charge is 0.356 e. The highest BCUT2D eigenvalue weighted by Gasteiger charge is 2.33. The van der Waals surface area contributed by atoms with E-state index in [0.29, 0.717) is 24.5 Å². The molecule has 0 bridgehead atoms. The van der Waals surface area contributed by atoms with Crippen molar-refractivity contribution < 1.29 is 17.7 Å². The molecule has 10 heteroatoms. The molecule has 0 saturated carbocycles. The zero-order valence-corrected chi connectivity index (χ0v) is 17.6. The maximum Gasteiger partial charge on any atom is 0.243 e. The van der Waals surface area contributed by atoms with Gasteiger partial charge in [0, 0.05) is 37.7 Å². The Morgan fingerprint density at radius 3 is 2.73 bits per heavy atom. The number of anilines is 1. The van der Waals surface area contributed by atoms with Crippen molar-refractivity contribution in [2.75, 3.05) is 18.4 Å². The normalized spacial score (nSPS) is 17.7. The van der Waals surface area contributed by atoms with Crippen molar-refractivity contribution in [2.45, 2.75) is 37.5 Å². The summed E-state index contributed by atoms with van der Waals surface area (Å²) in [5.74, 6) is 0.377. The zero-order valence-electron chi connectivity index (χ0n) is 16.8. The molecule has 1 saturated heterocycles. The van der Waals surface area contributed by atoms with Crippen LogP contribution in [0.25, 0.3) is 11.3 Å². The lowest BCUT2D eigenvalue weighted by Crippen LogP contribution is -2.39. The molecule has 0 radical (unpaired) electrons. The number of piperidine rings is 1. The van der Waals surface area contributed by atoms with Gasteiger partial charge in [-0.2, -0.15) is 9.40 Å². The molecule has 2 aromatic heterocycles. The second kappa shape index (κ2) is 8.04. The van der Waals surface area contributed by atoms with Crippen molar-refractivity contribution in [3.63, 3.8) is 0 Å². The lowest BCUT2D eigenvalue weighted by atomic mass is 9.93. The van der Waals surface area contributed by atoms with E-state index in [1.807, 2.05) is 13.0 Å². The minimum absolute atomic E-state index is 0.0323. The fraction of sp³-hybridized carbons (Fsp3) is 0.350. The number of amides is 1. The first-order valence-electron chi connectivity index (χ1n) is 9.69. The monoisotopic (exact) mass is 429 g/mol. The standard InChI is InChI=1S/C20H23N5O4S/c1-13-10-19(29-24-13)18-11-21-23-20(18)15-4-3-9-25(12-15)30(27,28)17-7-5-16(6-8-17)22-14(2)26/h5-8,10-11,15H,3-4,9,12H2,1-2H3,(H,21,23)(H,22,26). The van der Waals surface area contributed by atoms with Crippen LogP contribution in [0.4, 0.5) is 5.69 Å². The van der Waals surface area contributed by atoms with Gasteiger partial charge in [0.05, 0.1) is 28.0 Å². The van der Waals surface area contributed by atoms with Crippen LogP contribution in [0.2, 0.25) is 0 Å². The number of hydrogen-bond acceptors (Lipinski definition) is 6. The highest BCUT2D eigenvalue weighted by atomic mass is 32.2. The van der Waals surface area contributed by atoms with E-state index in [-0.39, 0.29) is 16.7 Å². The number of rotatable bonds is 5. The Hall–Kier alpha value is -2.98. The van der Waals surface area contributed by atoms with Gasteiger partial charge in [0.15, 0.2) is 5.76 Å². The Morgan fingerprint density at radius 2 is 2.07 bits per heavy atom. The minimum Gasteiger partial charge on any atom is -0.356 e. The third kappa shape index (κ3) is 4.01. The fourth-order valence-corrected chi connectivity index (χ4v) is 5.28. The maximum absolute atomic E-state index is 13.2. The highest BCUT2D eigenvalue weighted by Crippen LogP contribution is 2.35. The van der Waals surface area contributed by atoms with Gasteiger partial charge >= 0.3 is 0 Å². The van der Waals surface area contributed by atoms with E-state index in [4.69, 9.17) is 4.52 Å². The summed E-state index contributed by atoms with van der Waals surface area (Å²) in [6.45, 7) is 4.05. The SMILES string of the molecule is CC(=O)Nc1ccc(S(=O)(=O)N2CCCC(c3[nH]ncc3-c3cc(C)no3)C2)cc1. The van der Waals surface area contributed by atoms with Gasteiger partial charge in [0.25, 0.3) is 0 Å². The first kappa shape index (κ1) is 20.3. The number of nitrogens with one attached hydrogen (secondary N) is 2. The van der Waals surface area contributed by atoms with Crippen LogP contribution in [0.1, 0.15) is 37.1 Å². The fourth-order valence-electron chi connectivity index (χ4n) is 3.75. The van der Waals surface area contributed by atoms with Crippen LogP contribution in [0.5, 0.6) is 0 Å². The topological polar surface area (TPSA) is 121 Å². The summed E-state index contributed by atoms with van der Waals surface area (Å²) in [5.41, 5.74) is 2.99. The van der Waals surface area contributed by atoms with Gasteiger partial charge in [0.1, 0.15) is 0 Å². The molecule has 30 heavy (non-hydrogen) atoms. The molecule has 3 aromatic rings. The average molecular weight is 430 g/mol. The third-order valence-corrected chi connectivity index (χ3v) is 7.05. The second-order valence-electron chi connectivity index (χ2n) is 7.44. The van der Waals surface area contributed by atoms with Crippen LogP contribution in [-0.4, -0.2) is 47.1 Å². The van der Waals surface area contributed by atoms with E-state index < -0.39 is 10.0 Å². The van der Waals surface area contributed by atoms with Gasteiger partial charge in [-0.25, -0.2) is 8.42 Å². The molecule has 1 amide bonds. The Morgan fingerprint density at radius 1 is 1.30 bits per heavy atom. The van der Waals surface area contributed by atoms with E-state index >= 15 is 0 Å². The molecule has 1 fully saturated rings. The predicted molar refractivity (Wildman–Crippen MR) is 110 cm³/mol. The minimum atomic E-state index is -3.65. The molecular formula is C20H23N5O4S. The van der Waals surface area contributed by atoms with E-state index in [1.165, 1.54) is 23.4 Å². The number of sulfonamides is 1. The molecular weight excluding hydrogens is 406 g/mol. The van der Waals surface area contributed by atoms with E-state index in [0.717, 1.165) is 29.8 Å². The first-order valence-corrected chi connectivity index (χ1v) is 11.1. The van der Waals surface area contributed by atoms with E-state index in [1.54, 1.807) is 18.3 Å². The number of benzene rings is 1. The lowest BCUT2D eigenvalue weighted by Gasteiger charge is -2.31. The summed E-state index contributed by atoms with van der Waals surface area (Å²) in [5, 5.41) is 13.7. The summed E-state index contributed by atoms with van der Waals surface area (Å²) in [4.78, 5) is 11.4. The van der Waals surface area contributed by atoms with Crippen LogP contribution in [-0.2, 0) is 14.8 Å². The van der Waals surface area contributed by atoms with Crippen LogP contribution < -0.4 is 5.32 Å². The van der Waals surface area contributed by atoms with Gasteiger partial charge < -0.3 is 9.84 Å². The summed E-state index contributed by atoms with van der Waals surface area (Å²) >= 11 is 0. The average Bonchev–Trinajstić information content (AvgIpc) is 3.37. The molecule has 3 heterocycles. The number of carbonyl (C=O) groups is 1. The number of aromatic nitrogens is 3. The van der Waals surface area contributed by atoms with Crippen molar-refractivity contribution in [2.24, 2.45) is 0 Å². The van der Waals surface area contributed by atoms with Gasteiger partial charge in [-0.1, -0.05) is 5.16 Å². The molecule has 1 aliphatic heterocycles. The van der Waals surface area contributed by atoms with Crippen LogP contribution in [0.3, 0.4) is 0 Å². The van der Waals surface area contributed by atoms with Crippen LogP contribution in [0, 0.1) is 6.92 Å². The number of aryl methyl sites for hydroxylation is 1. The number of nitrogens with zero attached hydrogens (tertiary/aromatic N) is 3. The third-order valence-electron chi connectivity index (χ3n) is 5.17. The Labute approximate surface area is 174 Å². The Bertz CT molecular complexity index is 1150.